The molecule has 0 spiro atoms. The van der Waals surface area contributed by atoms with E-state index in [1.807, 2.05) is 89.8 Å². The van der Waals surface area contributed by atoms with Crippen LogP contribution in [0.15, 0.2) is 84.9 Å². The number of benzene rings is 3. The van der Waals surface area contributed by atoms with Crippen LogP contribution < -0.4 is 0 Å². The maximum Gasteiger partial charge on any atom is 0.254 e. The molecule has 1 unspecified atom stereocenters. The minimum atomic E-state index is -0.161. The van der Waals surface area contributed by atoms with E-state index in [4.69, 9.17) is 0 Å². The Morgan fingerprint density at radius 2 is 1.50 bits per heavy atom. The summed E-state index contributed by atoms with van der Waals surface area (Å²) in [4.78, 5) is 28.0. The van der Waals surface area contributed by atoms with Gasteiger partial charge in [-0.05, 0) is 36.1 Å². The quantitative estimate of drug-likeness (QED) is 0.649. The number of carbonyl (C=O) groups excluding carboxylic acids is 2. The molecule has 3 nitrogen and oxygen atoms in total. The fraction of sp³-hybridized carbons (Fsp3) is 0.200. The van der Waals surface area contributed by atoms with E-state index in [1.165, 1.54) is 0 Å². The SMILES string of the molecule is O=C1c2ccccc2CCC1CN(Cc1ccccc1)C(=O)c1ccccc1. The third kappa shape index (κ3) is 3.89. The Kier molecular flexibility index (Phi) is 5.34. The Morgan fingerprint density at radius 3 is 2.25 bits per heavy atom. The molecule has 1 aliphatic carbocycles. The van der Waals surface area contributed by atoms with Crippen molar-refractivity contribution in [1.29, 1.82) is 0 Å². The van der Waals surface area contributed by atoms with Gasteiger partial charge in [-0.1, -0.05) is 72.8 Å². The normalized spacial score (nSPS) is 15.7. The van der Waals surface area contributed by atoms with Crippen molar-refractivity contribution in [3.63, 3.8) is 0 Å². The highest BCUT2D eigenvalue weighted by molar-refractivity contribution is 6.01. The highest BCUT2D eigenvalue weighted by Gasteiger charge is 2.30. The van der Waals surface area contributed by atoms with Crippen LogP contribution in [-0.2, 0) is 13.0 Å². The standard InChI is InChI=1S/C25H23NO2/c27-24-22(16-15-20-11-7-8-14-23(20)24)18-26(17-19-9-3-1-4-10-19)25(28)21-12-5-2-6-13-21/h1-14,22H,15-18H2. The van der Waals surface area contributed by atoms with Crippen molar-refractivity contribution in [2.75, 3.05) is 6.54 Å². The van der Waals surface area contributed by atoms with Gasteiger partial charge in [0.15, 0.2) is 5.78 Å². The van der Waals surface area contributed by atoms with E-state index in [9.17, 15) is 9.59 Å². The van der Waals surface area contributed by atoms with Gasteiger partial charge in [0.2, 0.25) is 0 Å². The third-order valence-corrected chi connectivity index (χ3v) is 5.38. The highest BCUT2D eigenvalue weighted by atomic mass is 16.2. The van der Waals surface area contributed by atoms with Crippen molar-refractivity contribution >= 4 is 11.7 Å². The lowest BCUT2D eigenvalue weighted by Gasteiger charge is -2.30. The number of rotatable bonds is 5. The van der Waals surface area contributed by atoms with Gasteiger partial charge < -0.3 is 4.90 Å². The van der Waals surface area contributed by atoms with Gasteiger partial charge in [-0.25, -0.2) is 0 Å². The van der Waals surface area contributed by atoms with E-state index in [0.717, 1.165) is 29.5 Å². The lowest BCUT2D eigenvalue weighted by molar-refractivity contribution is 0.0679. The largest absolute Gasteiger partial charge is 0.334 e. The molecule has 28 heavy (non-hydrogen) atoms. The number of ketones is 1. The highest BCUT2D eigenvalue weighted by Crippen LogP contribution is 2.27. The topological polar surface area (TPSA) is 37.4 Å². The lowest BCUT2D eigenvalue weighted by atomic mass is 9.82. The average molecular weight is 369 g/mol. The molecule has 0 N–H and O–H groups in total. The van der Waals surface area contributed by atoms with Gasteiger partial charge in [0.05, 0.1) is 0 Å². The number of carbonyl (C=O) groups is 2. The summed E-state index contributed by atoms with van der Waals surface area (Å²) in [5.41, 5.74) is 3.65. The van der Waals surface area contributed by atoms with Gasteiger partial charge in [0, 0.05) is 30.1 Å². The summed E-state index contributed by atoms with van der Waals surface area (Å²) in [5.74, 6) is -0.0387. The molecule has 0 aromatic heterocycles. The van der Waals surface area contributed by atoms with Crippen LogP contribution in [0.2, 0.25) is 0 Å². The van der Waals surface area contributed by atoms with Crippen LogP contribution in [0, 0.1) is 5.92 Å². The molecule has 3 aromatic rings. The monoisotopic (exact) mass is 369 g/mol. The molecule has 1 atom stereocenters. The molecule has 1 amide bonds. The Morgan fingerprint density at radius 1 is 0.857 bits per heavy atom. The second kappa shape index (κ2) is 8.22. The zero-order valence-electron chi connectivity index (χ0n) is 15.8. The molecule has 0 saturated carbocycles. The molecule has 3 heteroatoms. The Labute approximate surface area is 165 Å². The molecule has 1 aliphatic rings. The Hall–Kier alpha value is -3.20. The fourth-order valence-electron chi connectivity index (χ4n) is 3.89. The number of fused-ring (bicyclic) bond motifs is 1. The number of nitrogens with zero attached hydrogens (tertiary/aromatic N) is 1. The first-order chi connectivity index (χ1) is 13.7. The molecule has 0 fully saturated rings. The Balaban J connectivity index is 1.59. The van der Waals surface area contributed by atoms with Gasteiger partial charge in [-0.2, -0.15) is 0 Å². The molecule has 3 aromatic carbocycles. The molecule has 0 saturated heterocycles. The molecule has 140 valence electrons. The van der Waals surface area contributed by atoms with Crippen molar-refractivity contribution in [2.45, 2.75) is 19.4 Å². The average Bonchev–Trinajstić information content (AvgIpc) is 2.76. The minimum Gasteiger partial charge on any atom is -0.334 e. The summed E-state index contributed by atoms with van der Waals surface area (Å²) < 4.78 is 0. The predicted octanol–water partition coefficient (Wildman–Crippen LogP) is 4.77. The first kappa shape index (κ1) is 18.2. The van der Waals surface area contributed by atoms with E-state index in [2.05, 4.69) is 0 Å². The van der Waals surface area contributed by atoms with Crippen molar-refractivity contribution in [3.8, 4) is 0 Å². The first-order valence-electron chi connectivity index (χ1n) is 9.73. The smallest absolute Gasteiger partial charge is 0.254 e. The van der Waals surface area contributed by atoms with Crippen LogP contribution in [-0.4, -0.2) is 23.1 Å². The van der Waals surface area contributed by atoms with Crippen LogP contribution in [0.1, 0.15) is 38.3 Å². The fourth-order valence-corrected chi connectivity index (χ4v) is 3.89. The molecule has 0 aliphatic heterocycles. The van der Waals surface area contributed by atoms with Crippen LogP contribution in [0.5, 0.6) is 0 Å². The van der Waals surface area contributed by atoms with E-state index in [0.29, 0.717) is 18.7 Å². The van der Waals surface area contributed by atoms with Gasteiger partial charge in [-0.3, -0.25) is 9.59 Å². The summed E-state index contributed by atoms with van der Waals surface area (Å²) >= 11 is 0. The van der Waals surface area contributed by atoms with Gasteiger partial charge >= 0.3 is 0 Å². The second-order valence-corrected chi connectivity index (χ2v) is 7.29. The lowest BCUT2D eigenvalue weighted by Crippen LogP contribution is -2.39. The first-order valence-corrected chi connectivity index (χ1v) is 9.73. The van der Waals surface area contributed by atoms with Gasteiger partial charge in [-0.15, -0.1) is 0 Å². The van der Waals surface area contributed by atoms with Crippen LogP contribution in [0.25, 0.3) is 0 Å². The number of hydrogen-bond donors (Lipinski definition) is 0. The summed E-state index contributed by atoms with van der Waals surface area (Å²) in [7, 11) is 0. The summed E-state index contributed by atoms with van der Waals surface area (Å²) in [6, 6.07) is 27.1. The maximum atomic E-state index is 13.2. The zero-order chi connectivity index (χ0) is 19.3. The van der Waals surface area contributed by atoms with Crippen LogP contribution >= 0.6 is 0 Å². The second-order valence-electron chi connectivity index (χ2n) is 7.29. The number of aryl methyl sites for hydroxylation is 1. The third-order valence-electron chi connectivity index (χ3n) is 5.38. The van der Waals surface area contributed by atoms with Crippen LogP contribution in [0.4, 0.5) is 0 Å². The zero-order valence-corrected chi connectivity index (χ0v) is 15.8. The van der Waals surface area contributed by atoms with Crippen LogP contribution in [0.3, 0.4) is 0 Å². The van der Waals surface area contributed by atoms with Crippen molar-refractivity contribution < 1.29 is 9.59 Å². The summed E-state index contributed by atoms with van der Waals surface area (Å²) in [6.07, 6.45) is 1.66. The molecule has 0 radical (unpaired) electrons. The molecule has 0 bridgehead atoms. The van der Waals surface area contributed by atoms with Crippen molar-refractivity contribution in [2.24, 2.45) is 5.92 Å². The molecule has 0 heterocycles. The molecular formula is C25H23NO2. The van der Waals surface area contributed by atoms with E-state index in [1.54, 1.807) is 0 Å². The van der Waals surface area contributed by atoms with E-state index < -0.39 is 0 Å². The van der Waals surface area contributed by atoms with Gasteiger partial charge in [0.25, 0.3) is 5.91 Å². The number of Topliss-reactive ketones (excluding diaryl/α,β-unsaturated/α-hetero) is 1. The minimum absolute atomic E-state index is 0.0314. The molecule has 4 rings (SSSR count). The Bertz CT molecular complexity index is 966. The van der Waals surface area contributed by atoms with Crippen molar-refractivity contribution in [1.82, 2.24) is 4.90 Å². The van der Waals surface area contributed by atoms with E-state index in [-0.39, 0.29) is 17.6 Å². The predicted molar refractivity (Wildman–Crippen MR) is 110 cm³/mol. The number of amides is 1. The van der Waals surface area contributed by atoms with Crippen molar-refractivity contribution in [3.05, 3.63) is 107 Å². The number of hydrogen-bond acceptors (Lipinski definition) is 2. The molecular weight excluding hydrogens is 346 g/mol. The van der Waals surface area contributed by atoms with Gasteiger partial charge in [0.1, 0.15) is 0 Å². The van der Waals surface area contributed by atoms with E-state index >= 15 is 0 Å². The summed E-state index contributed by atoms with van der Waals surface area (Å²) in [6.45, 7) is 0.940. The summed E-state index contributed by atoms with van der Waals surface area (Å²) in [5, 5.41) is 0. The maximum absolute atomic E-state index is 13.2.